The number of nitrogens with zero attached hydrogens (tertiary/aromatic N) is 1. The van der Waals surface area contributed by atoms with Crippen LogP contribution in [0.15, 0.2) is 18.2 Å². The van der Waals surface area contributed by atoms with Crippen molar-refractivity contribution < 1.29 is 14.2 Å². The molecule has 5 nitrogen and oxygen atoms in total. The van der Waals surface area contributed by atoms with Gasteiger partial charge in [0.2, 0.25) is 5.88 Å². The van der Waals surface area contributed by atoms with E-state index in [1.54, 1.807) is 7.11 Å². The number of hydrogen-bond donors (Lipinski definition) is 1. The molecule has 0 aliphatic heterocycles. The molecule has 1 rings (SSSR count). The van der Waals surface area contributed by atoms with E-state index in [0.717, 1.165) is 31.8 Å². The van der Waals surface area contributed by atoms with Gasteiger partial charge in [0.05, 0.1) is 12.3 Å². The van der Waals surface area contributed by atoms with Crippen LogP contribution in [0.4, 0.5) is 0 Å². The molecule has 0 aliphatic carbocycles. The minimum absolute atomic E-state index is 0.518. The van der Waals surface area contributed by atoms with E-state index in [1.165, 1.54) is 0 Å². The fraction of sp³-hybridized carbons (Fsp3) is 0.643. The predicted octanol–water partition coefficient (Wildman–Crippen LogP) is 1.62. The van der Waals surface area contributed by atoms with Gasteiger partial charge in [0.15, 0.2) is 0 Å². The minimum atomic E-state index is 0.518. The van der Waals surface area contributed by atoms with Gasteiger partial charge in [-0.1, -0.05) is 13.0 Å². The molecular formula is C14H24N2O3. The van der Waals surface area contributed by atoms with Crippen LogP contribution >= 0.6 is 0 Å². The first-order valence-electron chi connectivity index (χ1n) is 6.73. The lowest BCUT2D eigenvalue weighted by Crippen LogP contribution is -2.14. The predicted molar refractivity (Wildman–Crippen MR) is 74.4 cm³/mol. The lowest BCUT2D eigenvalue weighted by molar-refractivity contribution is 0.0795. The molecule has 0 bridgehead atoms. The molecule has 0 atom stereocenters. The summed E-state index contributed by atoms with van der Waals surface area (Å²) in [5.41, 5.74) is 0.986. The zero-order chi connectivity index (χ0) is 13.8. The molecule has 0 spiro atoms. The molecule has 19 heavy (non-hydrogen) atoms. The van der Waals surface area contributed by atoms with Crippen molar-refractivity contribution in [2.45, 2.75) is 19.9 Å². The van der Waals surface area contributed by atoms with Gasteiger partial charge in [-0.3, -0.25) is 0 Å². The monoisotopic (exact) mass is 268 g/mol. The third kappa shape index (κ3) is 7.77. The van der Waals surface area contributed by atoms with E-state index >= 15 is 0 Å². The van der Waals surface area contributed by atoms with E-state index in [2.05, 4.69) is 17.2 Å². The normalized spacial score (nSPS) is 10.6. The third-order valence-electron chi connectivity index (χ3n) is 2.45. The van der Waals surface area contributed by atoms with Crippen molar-refractivity contribution in [2.24, 2.45) is 0 Å². The summed E-state index contributed by atoms with van der Waals surface area (Å²) in [5.74, 6) is 0.649. The summed E-state index contributed by atoms with van der Waals surface area (Å²) in [6.45, 7) is 6.29. The maximum Gasteiger partial charge on any atom is 0.213 e. The van der Waals surface area contributed by atoms with E-state index in [9.17, 15) is 0 Å². The summed E-state index contributed by atoms with van der Waals surface area (Å²) < 4.78 is 15.9. The molecule has 0 amide bonds. The first-order chi connectivity index (χ1) is 9.36. The summed E-state index contributed by atoms with van der Waals surface area (Å²) in [5, 5.41) is 3.23. The molecule has 1 aromatic rings. The Bertz CT molecular complexity index is 334. The molecule has 0 radical (unpaired) electrons. The maximum absolute atomic E-state index is 5.54. The first-order valence-corrected chi connectivity index (χ1v) is 6.73. The van der Waals surface area contributed by atoms with Crippen molar-refractivity contribution in [1.82, 2.24) is 10.3 Å². The molecular weight excluding hydrogens is 244 g/mol. The van der Waals surface area contributed by atoms with Gasteiger partial charge in [-0.05, 0) is 19.0 Å². The summed E-state index contributed by atoms with van der Waals surface area (Å²) in [4.78, 5) is 4.40. The highest BCUT2D eigenvalue weighted by Crippen LogP contribution is 2.07. The van der Waals surface area contributed by atoms with Gasteiger partial charge in [0.1, 0.15) is 6.61 Å². The van der Waals surface area contributed by atoms with Crippen LogP contribution in [0.5, 0.6) is 5.88 Å². The smallest absolute Gasteiger partial charge is 0.213 e. The van der Waals surface area contributed by atoms with Gasteiger partial charge in [0.25, 0.3) is 0 Å². The standard InChI is InChI=1S/C14H24N2O3/c1-3-15-12-13-6-4-7-14(16-13)19-11-10-18-9-5-8-17-2/h4,6-7,15H,3,5,8-12H2,1-2H3. The molecule has 5 heteroatoms. The van der Waals surface area contributed by atoms with Gasteiger partial charge in [-0.25, -0.2) is 4.98 Å². The first kappa shape index (κ1) is 15.9. The molecule has 0 fully saturated rings. The minimum Gasteiger partial charge on any atom is -0.475 e. The largest absolute Gasteiger partial charge is 0.475 e. The molecule has 108 valence electrons. The third-order valence-corrected chi connectivity index (χ3v) is 2.45. The van der Waals surface area contributed by atoms with Crippen LogP contribution in [-0.4, -0.2) is 45.1 Å². The van der Waals surface area contributed by atoms with Crippen LogP contribution in [0.3, 0.4) is 0 Å². The highest BCUT2D eigenvalue weighted by Gasteiger charge is 1.98. The van der Waals surface area contributed by atoms with Crippen LogP contribution in [-0.2, 0) is 16.0 Å². The van der Waals surface area contributed by atoms with E-state index in [-0.39, 0.29) is 0 Å². The van der Waals surface area contributed by atoms with E-state index < -0.39 is 0 Å². The zero-order valence-electron chi connectivity index (χ0n) is 11.9. The molecule has 0 aromatic carbocycles. The SMILES string of the molecule is CCNCc1cccc(OCCOCCCOC)n1. The Balaban J connectivity index is 2.14. The second kappa shape index (κ2) is 10.7. The quantitative estimate of drug-likeness (QED) is 0.618. The summed E-state index contributed by atoms with van der Waals surface area (Å²) in [7, 11) is 1.69. The topological polar surface area (TPSA) is 52.6 Å². The number of rotatable bonds is 11. The molecule has 0 saturated carbocycles. The highest BCUT2D eigenvalue weighted by atomic mass is 16.5. The average molecular weight is 268 g/mol. The Labute approximate surface area is 115 Å². The van der Waals surface area contributed by atoms with Crippen molar-refractivity contribution in [1.29, 1.82) is 0 Å². The van der Waals surface area contributed by atoms with Gasteiger partial charge < -0.3 is 19.5 Å². The molecule has 1 heterocycles. The second-order valence-electron chi connectivity index (χ2n) is 4.05. The van der Waals surface area contributed by atoms with E-state index in [1.807, 2.05) is 18.2 Å². The average Bonchev–Trinajstić information content (AvgIpc) is 2.44. The van der Waals surface area contributed by atoms with Crippen molar-refractivity contribution >= 4 is 0 Å². The second-order valence-corrected chi connectivity index (χ2v) is 4.05. The highest BCUT2D eigenvalue weighted by molar-refractivity contribution is 5.15. The van der Waals surface area contributed by atoms with Crippen LogP contribution < -0.4 is 10.1 Å². The summed E-state index contributed by atoms with van der Waals surface area (Å²) in [6, 6.07) is 5.80. The van der Waals surface area contributed by atoms with Gasteiger partial charge in [0, 0.05) is 32.9 Å². The van der Waals surface area contributed by atoms with Crippen molar-refractivity contribution in [2.75, 3.05) is 40.1 Å². The number of aromatic nitrogens is 1. The van der Waals surface area contributed by atoms with E-state index in [0.29, 0.717) is 25.7 Å². The summed E-state index contributed by atoms with van der Waals surface area (Å²) in [6.07, 6.45) is 0.910. The van der Waals surface area contributed by atoms with Crippen molar-refractivity contribution in [3.05, 3.63) is 23.9 Å². The number of nitrogens with one attached hydrogen (secondary N) is 1. The van der Waals surface area contributed by atoms with Gasteiger partial charge >= 0.3 is 0 Å². The fourth-order valence-corrected chi connectivity index (χ4v) is 1.50. The Kier molecular flexibility index (Phi) is 8.97. The lowest BCUT2D eigenvalue weighted by Gasteiger charge is -2.08. The van der Waals surface area contributed by atoms with Crippen molar-refractivity contribution in [3.63, 3.8) is 0 Å². The fourth-order valence-electron chi connectivity index (χ4n) is 1.50. The Morgan fingerprint density at radius 3 is 2.84 bits per heavy atom. The van der Waals surface area contributed by atoms with Crippen LogP contribution in [0.1, 0.15) is 19.0 Å². The zero-order valence-corrected chi connectivity index (χ0v) is 11.9. The molecule has 0 aliphatic rings. The van der Waals surface area contributed by atoms with Gasteiger partial charge in [-0.2, -0.15) is 0 Å². The van der Waals surface area contributed by atoms with Crippen LogP contribution in [0.2, 0.25) is 0 Å². The Morgan fingerprint density at radius 1 is 1.16 bits per heavy atom. The maximum atomic E-state index is 5.54. The Morgan fingerprint density at radius 2 is 2.05 bits per heavy atom. The number of hydrogen-bond acceptors (Lipinski definition) is 5. The lowest BCUT2D eigenvalue weighted by atomic mass is 10.3. The molecule has 1 aromatic heterocycles. The van der Waals surface area contributed by atoms with Gasteiger partial charge in [-0.15, -0.1) is 0 Å². The molecule has 0 unspecified atom stereocenters. The van der Waals surface area contributed by atoms with E-state index in [4.69, 9.17) is 14.2 Å². The van der Waals surface area contributed by atoms with Crippen LogP contribution in [0.25, 0.3) is 0 Å². The number of ether oxygens (including phenoxy) is 3. The summed E-state index contributed by atoms with van der Waals surface area (Å²) >= 11 is 0. The van der Waals surface area contributed by atoms with Crippen LogP contribution in [0, 0.1) is 0 Å². The Hall–Kier alpha value is -1.17. The number of methoxy groups -OCH3 is 1. The number of pyridine rings is 1. The van der Waals surface area contributed by atoms with Crippen molar-refractivity contribution in [3.8, 4) is 5.88 Å². The molecule has 0 saturated heterocycles. The molecule has 1 N–H and O–H groups in total.